The number of esters is 1. The molecule has 10 nitrogen and oxygen atoms in total. The van der Waals surface area contributed by atoms with Gasteiger partial charge in [0.05, 0.1) is 7.11 Å². The zero-order valence-electron chi connectivity index (χ0n) is 19.0. The van der Waals surface area contributed by atoms with Gasteiger partial charge in [0.1, 0.15) is 30.5 Å². The molecule has 0 saturated heterocycles. The van der Waals surface area contributed by atoms with Crippen LogP contribution >= 0.6 is 27.7 Å². The van der Waals surface area contributed by atoms with E-state index in [2.05, 4.69) is 43.2 Å². The van der Waals surface area contributed by atoms with Gasteiger partial charge in [-0.3, -0.25) is 9.59 Å². The third-order valence-electron chi connectivity index (χ3n) is 4.52. The number of phenols is 1. The molecule has 4 N–H and O–H groups in total. The van der Waals surface area contributed by atoms with Crippen LogP contribution in [0.2, 0.25) is 0 Å². The van der Waals surface area contributed by atoms with Crippen LogP contribution in [0.25, 0.3) is 0 Å². The average Bonchev–Trinajstić information content (AvgIpc) is 2.83. The Morgan fingerprint density at radius 2 is 1.71 bits per heavy atom. The van der Waals surface area contributed by atoms with Crippen LogP contribution in [-0.2, 0) is 30.3 Å². The van der Waals surface area contributed by atoms with Crippen LogP contribution < -0.4 is 16.0 Å². The van der Waals surface area contributed by atoms with Crippen molar-refractivity contribution >= 4 is 51.6 Å². The zero-order chi connectivity index (χ0) is 25.5. The molecule has 0 fully saturated rings. The van der Waals surface area contributed by atoms with Crippen molar-refractivity contribution in [1.82, 2.24) is 16.0 Å². The third-order valence-corrected chi connectivity index (χ3v) is 5.81. The Morgan fingerprint density at radius 1 is 1.09 bits per heavy atom. The van der Waals surface area contributed by atoms with Gasteiger partial charge in [-0.1, -0.05) is 40.7 Å². The highest BCUT2D eigenvalue weighted by molar-refractivity contribution is 9.09. The Balaban J connectivity index is 3.06. The smallest absolute Gasteiger partial charge is 0.408 e. The van der Waals surface area contributed by atoms with Crippen LogP contribution in [-0.4, -0.2) is 78.2 Å². The van der Waals surface area contributed by atoms with E-state index in [4.69, 9.17) is 4.74 Å². The number of amides is 3. The number of halogens is 1. The fourth-order valence-corrected chi connectivity index (χ4v) is 3.65. The largest absolute Gasteiger partial charge is 0.508 e. The van der Waals surface area contributed by atoms with Gasteiger partial charge in [-0.25, -0.2) is 9.59 Å². The molecule has 3 amide bonds. The molecule has 0 aliphatic rings. The van der Waals surface area contributed by atoms with E-state index in [0.717, 1.165) is 0 Å². The number of methoxy groups -OCH3 is 1. The Bertz CT molecular complexity index is 838. The fraction of sp³-hybridized carbons (Fsp3) is 0.455. The van der Waals surface area contributed by atoms with Crippen LogP contribution in [0.4, 0.5) is 4.79 Å². The van der Waals surface area contributed by atoms with Gasteiger partial charge in [0.25, 0.3) is 0 Å². The fourth-order valence-electron chi connectivity index (χ4n) is 2.75. The number of nitrogens with one attached hydrogen (secondary N) is 3. The second kappa shape index (κ2) is 16.0. The molecular weight excluding hydrogens is 530 g/mol. The van der Waals surface area contributed by atoms with E-state index >= 15 is 0 Å². The molecule has 0 aliphatic carbocycles. The molecule has 0 bridgehead atoms. The highest BCUT2D eigenvalue weighted by Crippen LogP contribution is 2.12. The highest BCUT2D eigenvalue weighted by Gasteiger charge is 2.30. The predicted octanol–water partition coefficient (Wildman–Crippen LogP) is 1.51. The number of alkyl carbamates (subject to hydrolysis) is 1. The van der Waals surface area contributed by atoms with Crippen LogP contribution in [0, 0.1) is 0 Å². The third kappa shape index (κ3) is 10.5. The van der Waals surface area contributed by atoms with E-state index in [1.54, 1.807) is 12.1 Å². The van der Waals surface area contributed by atoms with Crippen LogP contribution in [0.15, 0.2) is 36.9 Å². The molecule has 188 valence electrons. The lowest BCUT2D eigenvalue weighted by Crippen LogP contribution is -2.57. The quantitative estimate of drug-likeness (QED) is 0.152. The number of thioether (sulfide) groups is 1. The second-order valence-corrected chi connectivity index (χ2v) is 8.67. The SMILES string of the molecule is C=CCOC(=O)N[C@@H](CCSC)C(=O)N[C@@H](Cc1ccc(O)cc1)C(=O)N[C@@H](CBr)C(=O)OC. The van der Waals surface area contributed by atoms with Gasteiger partial charge in [0.2, 0.25) is 11.8 Å². The molecule has 0 radical (unpaired) electrons. The summed E-state index contributed by atoms with van der Waals surface area (Å²) in [5.41, 5.74) is 0.658. The van der Waals surface area contributed by atoms with E-state index in [-0.39, 0.29) is 24.1 Å². The number of alkyl halides is 1. The first kappa shape index (κ1) is 29.3. The Labute approximate surface area is 211 Å². The summed E-state index contributed by atoms with van der Waals surface area (Å²) in [5, 5.41) is 17.3. The van der Waals surface area contributed by atoms with Crippen molar-refractivity contribution in [1.29, 1.82) is 0 Å². The number of aromatic hydroxyl groups is 1. The molecule has 0 saturated carbocycles. The van der Waals surface area contributed by atoms with Crippen LogP contribution in [0.1, 0.15) is 12.0 Å². The van der Waals surface area contributed by atoms with Gasteiger partial charge in [-0.2, -0.15) is 11.8 Å². The standard InChI is InChI=1S/C22H30BrN3O7S/c1-4-10-33-22(31)26-16(9-11-34-3)19(28)24-17(12-14-5-7-15(27)8-6-14)20(29)25-18(13-23)21(30)32-2/h4-8,16-18,27H,1,9-13H2,2-3H3,(H,24,28)(H,25,29)(H,26,31)/t16-,17-,18-/m0/s1. The number of carbonyl (C=O) groups excluding carboxylic acids is 4. The summed E-state index contributed by atoms with van der Waals surface area (Å²) in [5.74, 6) is -1.23. The van der Waals surface area contributed by atoms with Gasteiger partial charge in [0, 0.05) is 11.8 Å². The minimum Gasteiger partial charge on any atom is -0.508 e. The maximum atomic E-state index is 13.0. The summed E-state index contributed by atoms with van der Waals surface area (Å²) in [6.07, 6.45) is 2.85. The lowest BCUT2D eigenvalue weighted by Gasteiger charge is -2.24. The lowest BCUT2D eigenvalue weighted by molar-refractivity contribution is -0.144. The van der Waals surface area contributed by atoms with E-state index in [9.17, 15) is 24.3 Å². The van der Waals surface area contributed by atoms with Crippen molar-refractivity contribution in [2.24, 2.45) is 0 Å². The van der Waals surface area contributed by atoms with Gasteiger partial charge >= 0.3 is 12.1 Å². The molecule has 1 aromatic rings. The topological polar surface area (TPSA) is 143 Å². The summed E-state index contributed by atoms with van der Waals surface area (Å²) >= 11 is 4.65. The summed E-state index contributed by atoms with van der Waals surface area (Å²) in [6.45, 7) is 3.45. The van der Waals surface area contributed by atoms with E-state index in [1.165, 1.54) is 37.1 Å². The minimum atomic E-state index is -1.08. The van der Waals surface area contributed by atoms with Crippen molar-refractivity contribution in [3.05, 3.63) is 42.5 Å². The van der Waals surface area contributed by atoms with E-state index in [1.807, 2.05) is 6.26 Å². The van der Waals surface area contributed by atoms with Crippen LogP contribution in [0.3, 0.4) is 0 Å². The molecule has 0 aromatic heterocycles. The monoisotopic (exact) mass is 559 g/mol. The highest BCUT2D eigenvalue weighted by atomic mass is 79.9. The second-order valence-electron chi connectivity index (χ2n) is 7.04. The molecule has 1 aromatic carbocycles. The summed E-state index contributed by atoms with van der Waals surface area (Å²) < 4.78 is 9.59. The van der Waals surface area contributed by atoms with Gasteiger partial charge < -0.3 is 30.5 Å². The van der Waals surface area contributed by atoms with Gasteiger partial charge in [-0.15, -0.1) is 0 Å². The predicted molar refractivity (Wildman–Crippen MR) is 133 cm³/mol. The molecule has 0 unspecified atom stereocenters. The number of carbonyl (C=O) groups is 4. The number of hydrogen-bond acceptors (Lipinski definition) is 8. The zero-order valence-corrected chi connectivity index (χ0v) is 21.4. The van der Waals surface area contributed by atoms with Crippen molar-refractivity contribution in [2.75, 3.05) is 31.1 Å². The molecule has 3 atom stereocenters. The van der Waals surface area contributed by atoms with Gasteiger partial charge in [0.15, 0.2) is 0 Å². The molecule has 0 heterocycles. The molecule has 34 heavy (non-hydrogen) atoms. The molecule has 0 aliphatic heterocycles. The number of rotatable bonds is 14. The first-order valence-corrected chi connectivity index (χ1v) is 12.8. The Kier molecular flexibility index (Phi) is 13.8. The normalized spacial score (nSPS) is 13.0. The Morgan fingerprint density at radius 3 is 2.26 bits per heavy atom. The minimum absolute atomic E-state index is 0.0178. The summed E-state index contributed by atoms with van der Waals surface area (Å²) in [4.78, 5) is 49.9. The van der Waals surface area contributed by atoms with Crippen molar-refractivity contribution in [3.63, 3.8) is 0 Å². The first-order chi connectivity index (χ1) is 16.2. The molecule has 1 rings (SSSR count). The number of phenolic OH excluding ortho intramolecular Hbond substituents is 1. The average molecular weight is 560 g/mol. The van der Waals surface area contributed by atoms with Crippen molar-refractivity contribution in [3.8, 4) is 5.75 Å². The summed E-state index contributed by atoms with van der Waals surface area (Å²) in [6, 6.07) is 3.15. The molecule has 12 heteroatoms. The van der Waals surface area contributed by atoms with Gasteiger partial charge in [-0.05, 0) is 36.1 Å². The molecular formula is C22H30BrN3O7S. The maximum absolute atomic E-state index is 13.0. The van der Waals surface area contributed by atoms with Crippen LogP contribution in [0.5, 0.6) is 5.75 Å². The Hall–Kier alpha value is -2.73. The maximum Gasteiger partial charge on any atom is 0.408 e. The lowest BCUT2D eigenvalue weighted by atomic mass is 10.0. The molecule has 0 spiro atoms. The number of benzene rings is 1. The van der Waals surface area contributed by atoms with Crippen molar-refractivity contribution in [2.45, 2.75) is 31.0 Å². The first-order valence-electron chi connectivity index (χ1n) is 10.3. The van der Waals surface area contributed by atoms with E-state index < -0.39 is 42.0 Å². The van der Waals surface area contributed by atoms with E-state index in [0.29, 0.717) is 17.7 Å². The number of hydrogen-bond donors (Lipinski definition) is 4. The van der Waals surface area contributed by atoms with Crippen molar-refractivity contribution < 1.29 is 33.8 Å². The number of ether oxygens (including phenoxy) is 2. The summed E-state index contributed by atoms with van der Waals surface area (Å²) in [7, 11) is 1.20.